The van der Waals surface area contributed by atoms with Gasteiger partial charge in [0, 0.05) is 17.8 Å². The predicted octanol–water partition coefficient (Wildman–Crippen LogP) is 3.57. The van der Waals surface area contributed by atoms with Gasteiger partial charge in [-0.25, -0.2) is 4.79 Å². The minimum absolute atomic E-state index is 0.0159. The summed E-state index contributed by atoms with van der Waals surface area (Å²) in [6.07, 6.45) is 2.14. The van der Waals surface area contributed by atoms with Crippen molar-refractivity contribution in [2.24, 2.45) is 0 Å². The Morgan fingerprint density at radius 3 is 2.71 bits per heavy atom. The zero-order valence-electron chi connectivity index (χ0n) is 10.8. The third-order valence-electron chi connectivity index (χ3n) is 3.48. The van der Waals surface area contributed by atoms with Gasteiger partial charge in [0.25, 0.3) is 0 Å². The summed E-state index contributed by atoms with van der Waals surface area (Å²) in [5.74, 6) is 0. The summed E-state index contributed by atoms with van der Waals surface area (Å²) in [6.45, 7) is 7.17. The molecule has 0 atom stereocenters. The number of fused-ring (bicyclic) bond motifs is 1. The van der Waals surface area contributed by atoms with Gasteiger partial charge in [-0.05, 0) is 26.3 Å². The standard InChI is InChI=1S/C14H20N2O/c1-4-5-10-16-13(17)15-12-9-7-6-8-11(12)14(16,2)3/h6-9H,4-5,10H2,1-3H3,(H,15,17). The summed E-state index contributed by atoms with van der Waals surface area (Å²) in [5.41, 5.74) is 1.90. The fourth-order valence-corrected chi connectivity index (χ4v) is 2.40. The van der Waals surface area contributed by atoms with Gasteiger partial charge in [0.15, 0.2) is 0 Å². The predicted molar refractivity (Wildman–Crippen MR) is 70.1 cm³/mol. The van der Waals surface area contributed by atoms with Crippen LogP contribution in [0.1, 0.15) is 39.2 Å². The zero-order chi connectivity index (χ0) is 12.5. The summed E-state index contributed by atoms with van der Waals surface area (Å²) in [7, 11) is 0. The molecule has 3 heteroatoms. The maximum Gasteiger partial charge on any atom is 0.322 e. The lowest BCUT2D eigenvalue weighted by atomic mass is 9.89. The first-order chi connectivity index (χ1) is 8.07. The third-order valence-corrected chi connectivity index (χ3v) is 3.48. The molecule has 0 aromatic heterocycles. The number of amides is 2. The van der Waals surface area contributed by atoms with Crippen molar-refractivity contribution in [2.75, 3.05) is 11.9 Å². The Kier molecular flexibility index (Phi) is 3.09. The van der Waals surface area contributed by atoms with Crippen molar-refractivity contribution in [2.45, 2.75) is 39.2 Å². The van der Waals surface area contributed by atoms with Crippen LogP contribution in [0.5, 0.6) is 0 Å². The Morgan fingerprint density at radius 1 is 1.29 bits per heavy atom. The Hall–Kier alpha value is -1.51. The molecule has 1 aromatic carbocycles. The van der Waals surface area contributed by atoms with Crippen LogP contribution < -0.4 is 5.32 Å². The van der Waals surface area contributed by atoms with E-state index in [0.29, 0.717) is 0 Å². The molecule has 1 aliphatic rings. The Labute approximate surface area is 103 Å². The number of nitrogens with one attached hydrogen (secondary N) is 1. The molecule has 0 unspecified atom stereocenters. The van der Waals surface area contributed by atoms with E-state index in [1.54, 1.807) is 0 Å². The maximum absolute atomic E-state index is 12.1. The van der Waals surface area contributed by atoms with Gasteiger partial charge >= 0.3 is 6.03 Å². The average molecular weight is 232 g/mol. The molecule has 3 nitrogen and oxygen atoms in total. The van der Waals surface area contributed by atoms with E-state index in [-0.39, 0.29) is 11.6 Å². The molecule has 0 radical (unpaired) electrons. The van der Waals surface area contributed by atoms with Gasteiger partial charge in [-0.2, -0.15) is 0 Å². The van der Waals surface area contributed by atoms with E-state index >= 15 is 0 Å². The van der Waals surface area contributed by atoms with Gasteiger partial charge in [0.05, 0.1) is 5.54 Å². The van der Waals surface area contributed by atoms with Gasteiger partial charge in [0.2, 0.25) is 0 Å². The van der Waals surface area contributed by atoms with E-state index < -0.39 is 0 Å². The van der Waals surface area contributed by atoms with Crippen LogP contribution in [0.3, 0.4) is 0 Å². The first-order valence-electron chi connectivity index (χ1n) is 6.25. The van der Waals surface area contributed by atoms with E-state index in [1.807, 2.05) is 23.1 Å². The van der Waals surface area contributed by atoms with Crippen LogP contribution in [0.4, 0.5) is 10.5 Å². The number of anilines is 1. The molecule has 0 fully saturated rings. The maximum atomic E-state index is 12.1. The molecule has 0 saturated carbocycles. The van der Waals surface area contributed by atoms with Gasteiger partial charge in [-0.15, -0.1) is 0 Å². The highest BCUT2D eigenvalue weighted by atomic mass is 16.2. The summed E-state index contributed by atoms with van der Waals surface area (Å²) in [6, 6.07) is 8.05. The number of hydrogen-bond donors (Lipinski definition) is 1. The second kappa shape index (κ2) is 4.40. The molecule has 17 heavy (non-hydrogen) atoms. The van der Waals surface area contributed by atoms with E-state index in [0.717, 1.165) is 25.1 Å². The molecule has 0 bridgehead atoms. The fraction of sp³-hybridized carbons (Fsp3) is 0.500. The second-order valence-corrected chi connectivity index (χ2v) is 5.04. The van der Waals surface area contributed by atoms with Crippen LogP contribution in [0.2, 0.25) is 0 Å². The second-order valence-electron chi connectivity index (χ2n) is 5.04. The van der Waals surface area contributed by atoms with Gasteiger partial charge in [-0.1, -0.05) is 31.5 Å². The van der Waals surface area contributed by atoms with E-state index in [2.05, 4.69) is 32.2 Å². The third kappa shape index (κ3) is 2.02. The van der Waals surface area contributed by atoms with Crippen LogP contribution in [-0.4, -0.2) is 17.5 Å². The van der Waals surface area contributed by atoms with Crippen molar-refractivity contribution in [3.63, 3.8) is 0 Å². The van der Waals surface area contributed by atoms with Crippen LogP contribution in [0.25, 0.3) is 0 Å². The monoisotopic (exact) mass is 232 g/mol. The highest BCUT2D eigenvalue weighted by Crippen LogP contribution is 2.37. The number of hydrogen-bond acceptors (Lipinski definition) is 1. The SMILES string of the molecule is CCCCN1C(=O)Nc2ccccc2C1(C)C. The fourth-order valence-electron chi connectivity index (χ4n) is 2.40. The first-order valence-corrected chi connectivity index (χ1v) is 6.25. The molecule has 92 valence electrons. The Bertz CT molecular complexity index is 426. The Morgan fingerprint density at radius 2 is 2.00 bits per heavy atom. The van der Waals surface area contributed by atoms with Crippen molar-refractivity contribution in [3.8, 4) is 0 Å². The van der Waals surface area contributed by atoms with Crippen molar-refractivity contribution in [1.29, 1.82) is 0 Å². The topological polar surface area (TPSA) is 32.3 Å². The largest absolute Gasteiger partial charge is 0.322 e. The molecule has 2 amide bonds. The highest BCUT2D eigenvalue weighted by molar-refractivity contribution is 5.93. The Balaban J connectivity index is 2.36. The lowest BCUT2D eigenvalue weighted by Crippen LogP contribution is -2.51. The van der Waals surface area contributed by atoms with Gasteiger partial charge in [-0.3, -0.25) is 0 Å². The lowest BCUT2D eigenvalue weighted by molar-refractivity contribution is 0.139. The number of rotatable bonds is 3. The van der Waals surface area contributed by atoms with Crippen molar-refractivity contribution >= 4 is 11.7 Å². The van der Waals surface area contributed by atoms with Crippen LogP contribution >= 0.6 is 0 Å². The molecule has 0 saturated heterocycles. The molecule has 2 rings (SSSR count). The highest BCUT2D eigenvalue weighted by Gasteiger charge is 2.37. The van der Waals surface area contributed by atoms with Gasteiger partial charge < -0.3 is 10.2 Å². The number of carbonyl (C=O) groups is 1. The summed E-state index contributed by atoms with van der Waals surface area (Å²) >= 11 is 0. The molecule has 1 aromatic rings. The molecular formula is C14H20N2O. The van der Waals surface area contributed by atoms with Crippen molar-refractivity contribution in [1.82, 2.24) is 4.90 Å². The van der Waals surface area contributed by atoms with Crippen LogP contribution in [0.15, 0.2) is 24.3 Å². The van der Waals surface area contributed by atoms with Gasteiger partial charge in [0.1, 0.15) is 0 Å². The minimum Gasteiger partial charge on any atom is -0.315 e. The smallest absolute Gasteiger partial charge is 0.315 e. The molecule has 1 N–H and O–H groups in total. The zero-order valence-corrected chi connectivity index (χ0v) is 10.8. The summed E-state index contributed by atoms with van der Waals surface area (Å²) in [4.78, 5) is 14.0. The molecular weight excluding hydrogens is 212 g/mol. The van der Waals surface area contributed by atoms with Crippen LogP contribution in [0, 0.1) is 0 Å². The number of nitrogens with zero attached hydrogens (tertiary/aromatic N) is 1. The first kappa shape index (κ1) is 12.0. The van der Waals surface area contributed by atoms with E-state index in [4.69, 9.17) is 0 Å². The average Bonchev–Trinajstić information content (AvgIpc) is 2.28. The normalized spacial score (nSPS) is 17.6. The quantitative estimate of drug-likeness (QED) is 0.849. The number of urea groups is 1. The summed E-state index contributed by atoms with van der Waals surface area (Å²) in [5, 5.41) is 2.96. The minimum atomic E-state index is -0.228. The van der Waals surface area contributed by atoms with E-state index in [9.17, 15) is 4.79 Å². The molecule has 1 aliphatic heterocycles. The van der Waals surface area contributed by atoms with Crippen molar-refractivity contribution in [3.05, 3.63) is 29.8 Å². The number of benzene rings is 1. The molecule has 0 aliphatic carbocycles. The van der Waals surface area contributed by atoms with Crippen molar-refractivity contribution < 1.29 is 4.79 Å². The number of para-hydroxylation sites is 1. The number of carbonyl (C=O) groups excluding carboxylic acids is 1. The van der Waals surface area contributed by atoms with Crippen LogP contribution in [-0.2, 0) is 5.54 Å². The molecule has 1 heterocycles. The lowest BCUT2D eigenvalue weighted by Gasteiger charge is -2.43. The summed E-state index contributed by atoms with van der Waals surface area (Å²) < 4.78 is 0. The van der Waals surface area contributed by atoms with E-state index in [1.165, 1.54) is 5.56 Å². The number of unbranched alkanes of at least 4 members (excludes halogenated alkanes) is 1. The molecule has 0 spiro atoms.